The average Bonchev–Trinajstić information content (AvgIpc) is 2.86. The van der Waals surface area contributed by atoms with E-state index in [-0.39, 0.29) is 12.3 Å². The van der Waals surface area contributed by atoms with Crippen LogP contribution in [0.25, 0.3) is 0 Å². The van der Waals surface area contributed by atoms with Crippen molar-refractivity contribution in [2.75, 3.05) is 19.8 Å². The van der Waals surface area contributed by atoms with Gasteiger partial charge in [0.1, 0.15) is 5.76 Å². The second-order valence-corrected chi connectivity index (χ2v) is 4.12. The van der Waals surface area contributed by atoms with Crippen LogP contribution in [0.1, 0.15) is 29.2 Å². The number of nitrogens with two attached hydrogens (primary N) is 1. The SMILES string of the molecule is NCc1ccc(C(=O)OCC2CCOCC2)o1. The van der Waals surface area contributed by atoms with E-state index in [0.29, 0.717) is 18.3 Å². The molecule has 5 heteroatoms. The van der Waals surface area contributed by atoms with E-state index >= 15 is 0 Å². The zero-order valence-corrected chi connectivity index (χ0v) is 9.69. The Morgan fingerprint density at radius 3 is 2.82 bits per heavy atom. The first-order valence-corrected chi connectivity index (χ1v) is 5.83. The van der Waals surface area contributed by atoms with Crippen LogP contribution in [0.3, 0.4) is 0 Å². The van der Waals surface area contributed by atoms with Crippen LogP contribution in [-0.2, 0) is 16.0 Å². The summed E-state index contributed by atoms with van der Waals surface area (Å²) >= 11 is 0. The Labute approximate surface area is 99.9 Å². The smallest absolute Gasteiger partial charge is 0.374 e. The number of hydrogen-bond acceptors (Lipinski definition) is 5. The highest BCUT2D eigenvalue weighted by Crippen LogP contribution is 2.16. The van der Waals surface area contributed by atoms with Crippen LogP contribution in [0.15, 0.2) is 16.5 Å². The minimum absolute atomic E-state index is 0.220. The van der Waals surface area contributed by atoms with Crippen molar-refractivity contribution >= 4 is 5.97 Å². The molecule has 94 valence electrons. The molecular formula is C12H17NO4. The Balaban J connectivity index is 1.80. The van der Waals surface area contributed by atoms with E-state index in [9.17, 15) is 4.79 Å². The Kier molecular flexibility index (Phi) is 4.17. The van der Waals surface area contributed by atoms with E-state index in [1.807, 2.05) is 0 Å². The second-order valence-electron chi connectivity index (χ2n) is 4.12. The molecule has 0 saturated carbocycles. The summed E-state index contributed by atoms with van der Waals surface area (Å²) in [5.74, 6) is 0.786. The molecule has 17 heavy (non-hydrogen) atoms. The molecule has 0 radical (unpaired) electrons. The van der Waals surface area contributed by atoms with E-state index < -0.39 is 5.97 Å². The molecule has 1 aliphatic heterocycles. The highest BCUT2D eigenvalue weighted by atomic mass is 16.5. The van der Waals surface area contributed by atoms with Crippen molar-refractivity contribution in [3.05, 3.63) is 23.7 Å². The van der Waals surface area contributed by atoms with Crippen molar-refractivity contribution < 1.29 is 18.7 Å². The number of carbonyl (C=O) groups is 1. The molecule has 1 fully saturated rings. The summed E-state index contributed by atoms with van der Waals surface area (Å²) in [7, 11) is 0. The number of esters is 1. The fraction of sp³-hybridized carbons (Fsp3) is 0.583. The Hall–Kier alpha value is -1.33. The molecular weight excluding hydrogens is 222 g/mol. The lowest BCUT2D eigenvalue weighted by Gasteiger charge is -2.21. The van der Waals surface area contributed by atoms with Crippen LogP contribution in [0.2, 0.25) is 0 Å². The van der Waals surface area contributed by atoms with Gasteiger partial charge in [0.15, 0.2) is 0 Å². The van der Waals surface area contributed by atoms with Crippen molar-refractivity contribution in [2.45, 2.75) is 19.4 Å². The van der Waals surface area contributed by atoms with E-state index in [1.54, 1.807) is 12.1 Å². The molecule has 0 aromatic carbocycles. The molecule has 1 aromatic heterocycles. The second kappa shape index (κ2) is 5.84. The third kappa shape index (κ3) is 3.31. The highest BCUT2D eigenvalue weighted by Gasteiger charge is 2.18. The van der Waals surface area contributed by atoms with Gasteiger partial charge in [0.05, 0.1) is 13.2 Å². The van der Waals surface area contributed by atoms with E-state index in [4.69, 9.17) is 19.6 Å². The molecule has 1 aliphatic rings. The fourth-order valence-electron chi connectivity index (χ4n) is 1.78. The van der Waals surface area contributed by atoms with Gasteiger partial charge in [-0.05, 0) is 30.9 Å². The molecule has 2 N–H and O–H groups in total. The molecule has 2 rings (SSSR count). The quantitative estimate of drug-likeness (QED) is 0.802. The first-order chi connectivity index (χ1) is 8.29. The number of furan rings is 1. The minimum Gasteiger partial charge on any atom is -0.460 e. The lowest BCUT2D eigenvalue weighted by Crippen LogP contribution is -2.21. The largest absolute Gasteiger partial charge is 0.460 e. The molecule has 1 saturated heterocycles. The molecule has 1 aromatic rings. The molecule has 0 unspecified atom stereocenters. The Bertz CT molecular complexity index is 368. The number of carbonyl (C=O) groups excluding carboxylic acids is 1. The van der Waals surface area contributed by atoms with E-state index in [2.05, 4.69) is 0 Å². The monoisotopic (exact) mass is 239 g/mol. The molecule has 0 spiro atoms. The Morgan fingerprint density at radius 2 is 2.18 bits per heavy atom. The van der Waals surface area contributed by atoms with Crippen LogP contribution < -0.4 is 5.73 Å². The number of ether oxygens (including phenoxy) is 2. The lowest BCUT2D eigenvalue weighted by atomic mass is 10.0. The van der Waals surface area contributed by atoms with Gasteiger partial charge in [0, 0.05) is 13.2 Å². The fourth-order valence-corrected chi connectivity index (χ4v) is 1.78. The first kappa shape index (κ1) is 12.1. The highest BCUT2D eigenvalue weighted by molar-refractivity contribution is 5.86. The normalized spacial score (nSPS) is 17.0. The molecule has 5 nitrogen and oxygen atoms in total. The third-order valence-electron chi connectivity index (χ3n) is 2.86. The predicted octanol–water partition coefficient (Wildman–Crippen LogP) is 1.32. The van der Waals surface area contributed by atoms with Crippen molar-refractivity contribution in [3.8, 4) is 0 Å². The third-order valence-corrected chi connectivity index (χ3v) is 2.86. The predicted molar refractivity (Wildman–Crippen MR) is 60.4 cm³/mol. The van der Waals surface area contributed by atoms with Gasteiger partial charge in [-0.3, -0.25) is 0 Å². The topological polar surface area (TPSA) is 74.7 Å². The van der Waals surface area contributed by atoms with E-state index in [0.717, 1.165) is 26.1 Å². The van der Waals surface area contributed by atoms with Gasteiger partial charge < -0.3 is 19.6 Å². The van der Waals surface area contributed by atoms with Crippen LogP contribution in [0.4, 0.5) is 0 Å². The summed E-state index contributed by atoms with van der Waals surface area (Å²) < 4.78 is 15.6. The van der Waals surface area contributed by atoms with Gasteiger partial charge in [0.2, 0.25) is 5.76 Å². The first-order valence-electron chi connectivity index (χ1n) is 5.83. The van der Waals surface area contributed by atoms with Gasteiger partial charge in [0.25, 0.3) is 0 Å². The van der Waals surface area contributed by atoms with Gasteiger partial charge >= 0.3 is 5.97 Å². The van der Waals surface area contributed by atoms with E-state index in [1.165, 1.54) is 0 Å². The zero-order chi connectivity index (χ0) is 12.1. The van der Waals surface area contributed by atoms with Crippen LogP contribution in [0, 0.1) is 5.92 Å². The van der Waals surface area contributed by atoms with Crippen LogP contribution in [-0.4, -0.2) is 25.8 Å². The summed E-state index contributed by atoms with van der Waals surface area (Å²) in [5.41, 5.74) is 5.39. The molecule has 2 heterocycles. The summed E-state index contributed by atoms with van der Waals surface area (Å²) in [6.45, 7) is 2.22. The van der Waals surface area contributed by atoms with Crippen molar-refractivity contribution in [1.29, 1.82) is 0 Å². The molecule has 0 atom stereocenters. The zero-order valence-electron chi connectivity index (χ0n) is 9.69. The van der Waals surface area contributed by atoms with Gasteiger partial charge in [-0.2, -0.15) is 0 Å². The Morgan fingerprint density at radius 1 is 1.41 bits per heavy atom. The molecule has 0 amide bonds. The maximum atomic E-state index is 11.6. The summed E-state index contributed by atoms with van der Waals surface area (Å²) in [4.78, 5) is 11.6. The standard InChI is InChI=1S/C12H17NO4/c13-7-10-1-2-11(17-10)12(14)16-8-9-3-5-15-6-4-9/h1-2,9H,3-8,13H2. The summed E-state index contributed by atoms with van der Waals surface area (Å²) in [6, 6.07) is 3.28. The van der Waals surface area contributed by atoms with Crippen LogP contribution in [0.5, 0.6) is 0 Å². The number of rotatable bonds is 4. The van der Waals surface area contributed by atoms with Crippen molar-refractivity contribution in [3.63, 3.8) is 0 Å². The number of hydrogen-bond donors (Lipinski definition) is 1. The molecule has 0 aliphatic carbocycles. The lowest BCUT2D eigenvalue weighted by molar-refractivity contribution is 0.0163. The average molecular weight is 239 g/mol. The van der Waals surface area contributed by atoms with Crippen molar-refractivity contribution in [1.82, 2.24) is 0 Å². The van der Waals surface area contributed by atoms with Crippen LogP contribution >= 0.6 is 0 Å². The van der Waals surface area contributed by atoms with Gasteiger partial charge in [-0.1, -0.05) is 0 Å². The van der Waals surface area contributed by atoms with Crippen molar-refractivity contribution in [2.24, 2.45) is 11.7 Å². The maximum absolute atomic E-state index is 11.6. The minimum atomic E-state index is -0.420. The molecule has 0 bridgehead atoms. The maximum Gasteiger partial charge on any atom is 0.374 e. The summed E-state index contributed by atoms with van der Waals surface area (Å²) in [5, 5.41) is 0. The summed E-state index contributed by atoms with van der Waals surface area (Å²) in [6.07, 6.45) is 1.89. The van der Waals surface area contributed by atoms with Gasteiger partial charge in [-0.15, -0.1) is 0 Å². The van der Waals surface area contributed by atoms with Gasteiger partial charge in [-0.25, -0.2) is 4.79 Å².